The Balaban J connectivity index is 1.66. The number of hydrogen-bond acceptors (Lipinski definition) is 6. The van der Waals surface area contributed by atoms with Crippen molar-refractivity contribution in [3.8, 4) is 5.75 Å². The Kier molecular flexibility index (Phi) is 3.81. The molecule has 25 heavy (non-hydrogen) atoms. The average Bonchev–Trinajstić information content (AvgIpc) is 2.99. The van der Waals surface area contributed by atoms with E-state index in [1.54, 1.807) is 19.1 Å². The van der Waals surface area contributed by atoms with Crippen LogP contribution in [-0.4, -0.2) is 67.5 Å². The van der Waals surface area contributed by atoms with E-state index in [2.05, 4.69) is 27.4 Å². The summed E-state index contributed by atoms with van der Waals surface area (Å²) in [6.07, 6.45) is -0.448. The molecule has 0 spiro atoms. The fraction of sp³-hybridized carbons (Fsp3) is 0.529. The van der Waals surface area contributed by atoms with Crippen LogP contribution in [0.5, 0.6) is 5.75 Å². The number of methoxy groups -OCH3 is 1. The lowest BCUT2D eigenvalue weighted by Crippen LogP contribution is -2.65. The van der Waals surface area contributed by atoms with Gasteiger partial charge in [-0.3, -0.25) is 20.3 Å². The Labute approximate surface area is 146 Å². The van der Waals surface area contributed by atoms with Gasteiger partial charge < -0.3 is 14.5 Å². The van der Waals surface area contributed by atoms with Crippen molar-refractivity contribution in [3.63, 3.8) is 0 Å². The van der Waals surface area contributed by atoms with Crippen molar-refractivity contribution in [3.05, 3.63) is 24.3 Å². The Hall–Kier alpha value is -2.32. The van der Waals surface area contributed by atoms with Crippen molar-refractivity contribution in [1.29, 1.82) is 0 Å². The van der Waals surface area contributed by atoms with E-state index in [1.807, 2.05) is 24.3 Å². The second-order valence-corrected chi connectivity index (χ2v) is 6.99. The Morgan fingerprint density at radius 1 is 1.16 bits per heavy atom. The summed E-state index contributed by atoms with van der Waals surface area (Å²) in [6.45, 7) is 3.86. The molecule has 2 N–H and O–H groups in total. The molecule has 3 fully saturated rings. The number of rotatable bonds is 2. The number of fused-ring (bicyclic) bond motifs is 3. The topological polar surface area (TPSA) is 77.2 Å². The molecule has 4 rings (SSSR count). The van der Waals surface area contributed by atoms with Crippen LogP contribution in [0.25, 0.3) is 0 Å². The van der Waals surface area contributed by atoms with E-state index < -0.39 is 0 Å². The molecular weight excluding hydrogens is 322 g/mol. The first-order chi connectivity index (χ1) is 12.0. The van der Waals surface area contributed by atoms with Gasteiger partial charge in [-0.1, -0.05) is 6.92 Å². The van der Waals surface area contributed by atoms with Gasteiger partial charge in [0, 0.05) is 25.8 Å². The van der Waals surface area contributed by atoms with E-state index in [1.165, 1.54) is 0 Å². The van der Waals surface area contributed by atoms with Crippen molar-refractivity contribution < 1.29 is 14.3 Å². The van der Waals surface area contributed by atoms with Gasteiger partial charge in [-0.15, -0.1) is 0 Å². The zero-order chi connectivity index (χ0) is 17.7. The number of amides is 3. The molecule has 3 aliphatic rings. The van der Waals surface area contributed by atoms with Crippen molar-refractivity contribution in [1.82, 2.24) is 20.4 Å². The van der Waals surface area contributed by atoms with E-state index in [-0.39, 0.29) is 30.4 Å². The Bertz CT molecular complexity index is 694. The van der Waals surface area contributed by atoms with Crippen molar-refractivity contribution >= 4 is 17.6 Å². The van der Waals surface area contributed by atoms with Gasteiger partial charge in [-0.2, -0.15) is 0 Å². The molecule has 3 aliphatic heterocycles. The van der Waals surface area contributed by atoms with E-state index in [0.29, 0.717) is 5.92 Å². The van der Waals surface area contributed by atoms with Crippen molar-refractivity contribution in [2.45, 2.75) is 25.4 Å². The number of likely N-dealkylation sites (N-methyl/N-ethyl adjacent to an activating group) is 1. The monoisotopic (exact) mass is 345 g/mol. The van der Waals surface area contributed by atoms with Gasteiger partial charge in [0.25, 0.3) is 0 Å². The average molecular weight is 345 g/mol. The molecule has 4 atom stereocenters. The number of ether oxygens (including phenoxy) is 1. The van der Waals surface area contributed by atoms with Crippen LogP contribution in [0.2, 0.25) is 0 Å². The molecule has 0 bridgehead atoms. The van der Waals surface area contributed by atoms with E-state index in [9.17, 15) is 9.59 Å². The fourth-order valence-corrected chi connectivity index (χ4v) is 4.04. The summed E-state index contributed by atoms with van der Waals surface area (Å²) in [5.74, 6) is 0.977. The molecule has 0 radical (unpaired) electrons. The molecule has 0 saturated carbocycles. The van der Waals surface area contributed by atoms with Crippen LogP contribution in [0.4, 0.5) is 10.5 Å². The summed E-state index contributed by atoms with van der Waals surface area (Å²) < 4.78 is 5.24. The van der Waals surface area contributed by atoms with Gasteiger partial charge in [0.15, 0.2) is 0 Å². The van der Waals surface area contributed by atoms with Gasteiger partial charge in [-0.25, -0.2) is 4.79 Å². The standard InChI is InChI=1S/C17H23N5O3/c1-10-8-21(11-4-6-12(25-3)7-5-11)16-18-14-13(22(16)9-10)15(23)19-17(24)20(14)2/h4-7,10,13-14,16,18H,8-9H2,1-3H3,(H,19,23,24). The van der Waals surface area contributed by atoms with Crippen LogP contribution in [0, 0.1) is 5.92 Å². The summed E-state index contributed by atoms with van der Waals surface area (Å²) in [5, 5.41) is 5.92. The number of anilines is 1. The molecular formula is C17H23N5O3. The zero-order valence-corrected chi connectivity index (χ0v) is 14.6. The van der Waals surface area contributed by atoms with Gasteiger partial charge >= 0.3 is 6.03 Å². The molecule has 3 heterocycles. The maximum Gasteiger partial charge on any atom is 0.325 e. The second kappa shape index (κ2) is 5.89. The third kappa shape index (κ3) is 2.52. The minimum absolute atomic E-state index is 0.126. The predicted octanol–water partition coefficient (Wildman–Crippen LogP) is 0.216. The van der Waals surface area contributed by atoms with Crippen LogP contribution < -0.4 is 20.3 Å². The smallest absolute Gasteiger partial charge is 0.325 e. The van der Waals surface area contributed by atoms with Gasteiger partial charge in [0.1, 0.15) is 24.2 Å². The molecule has 8 heteroatoms. The second-order valence-electron chi connectivity index (χ2n) is 6.99. The minimum atomic E-state index is -0.379. The lowest BCUT2D eigenvalue weighted by Gasteiger charge is -2.45. The van der Waals surface area contributed by atoms with Crippen LogP contribution in [-0.2, 0) is 4.79 Å². The summed E-state index contributed by atoms with van der Waals surface area (Å²) >= 11 is 0. The van der Waals surface area contributed by atoms with Crippen LogP contribution in [0.15, 0.2) is 24.3 Å². The fourth-order valence-electron chi connectivity index (χ4n) is 4.04. The first-order valence-corrected chi connectivity index (χ1v) is 8.49. The normalized spacial score (nSPS) is 32.3. The summed E-state index contributed by atoms with van der Waals surface area (Å²) in [5.41, 5.74) is 1.06. The molecule has 8 nitrogen and oxygen atoms in total. The number of nitrogens with one attached hydrogen (secondary N) is 2. The summed E-state index contributed by atoms with van der Waals surface area (Å²) in [7, 11) is 3.36. The number of carbonyl (C=O) groups is 2. The molecule has 3 amide bonds. The number of benzene rings is 1. The number of hydrogen-bond donors (Lipinski definition) is 2. The first-order valence-electron chi connectivity index (χ1n) is 8.49. The zero-order valence-electron chi connectivity index (χ0n) is 14.6. The van der Waals surface area contributed by atoms with Crippen LogP contribution >= 0.6 is 0 Å². The highest BCUT2D eigenvalue weighted by Crippen LogP contribution is 2.33. The summed E-state index contributed by atoms with van der Waals surface area (Å²) in [4.78, 5) is 30.4. The first kappa shape index (κ1) is 16.2. The lowest BCUT2D eigenvalue weighted by molar-refractivity contribution is -0.128. The van der Waals surface area contributed by atoms with Crippen molar-refractivity contribution in [2.24, 2.45) is 5.92 Å². The number of urea groups is 1. The van der Waals surface area contributed by atoms with E-state index >= 15 is 0 Å². The SMILES string of the molecule is COc1ccc(N2CC(C)CN3C4C(=O)NC(=O)N(C)C4NC23)cc1. The number of imide groups is 1. The molecule has 4 unspecified atom stereocenters. The number of carbonyl (C=O) groups excluding carboxylic acids is 2. The van der Waals surface area contributed by atoms with Crippen LogP contribution in [0.3, 0.4) is 0 Å². The molecule has 0 aliphatic carbocycles. The highest BCUT2D eigenvalue weighted by Gasteiger charge is 2.54. The molecule has 0 aromatic heterocycles. The Morgan fingerprint density at radius 3 is 2.56 bits per heavy atom. The van der Waals surface area contributed by atoms with Gasteiger partial charge in [-0.05, 0) is 30.2 Å². The Morgan fingerprint density at radius 2 is 1.88 bits per heavy atom. The third-order valence-electron chi connectivity index (χ3n) is 5.26. The molecule has 3 saturated heterocycles. The molecule has 134 valence electrons. The quantitative estimate of drug-likeness (QED) is 0.798. The maximum absolute atomic E-state index is 12.4. The minimum Gasteiger partial charge on any atom is -0.497 e. The van der Waals surface area contributed by atoms with Crippen LogP contribution in [0.1, 0.15) is 6.92 Å². The highest BCUT2D eigenvalue weighted by molar-refractivity contribution is 6.00. The predicted molar refractivity (Wildman–Crippen MR) is 92.0 cm³/mol. The summed E-state index contributed by atoms with van der Waals surface area (Å²) in [6, 6.07) is 7.17. The highest BCUT2D eigenvalue weighted by atomic mass is 16.5. The van der Waals surface area contributed by atoms with E-state index in [4.69, 9.17) is 4.74 Å². The molecule has 1 aromatic rings. The third-order valence-corrected chi connectivity index (χ3v) is 5.26. The van der Waals surface area contributed by atoms with Crippen molar-refractivity contribution in [2.75, 3.05) is 32.1 Å². The number of nitrogens with zero attached hydrogens (tertiary/aromatic N) is 3. The van der Waals surface area contributed by atoms with Gasteiger partial charge in [0.05, 0.1) is 7.11 Å². The lowest BCUT2D eigenvalue weighted by atomic mass is 10.0. The molecule has 1 aromatic carbocycles. The van der Waals surface area contributed by atoms with E-state index in [0.717, 1.165) is 24.5 Å². The maximum atomic E-state index is 12.4. The largest absolute Gasteiger partial charge is 0.497 e. The van der Waals surface area contributed by atoms with Gasteiger partial charge in [0.2, 0.25) is 5.91 Å².